The summed E-state index contributed by atoms with van der Waals surface area (Å²) in [5.74, 6) is -0.125. The fraction of sp³-hybridized carbons (Fsp3) is 0.444. The van der Waals surface area contributed by atoms with Crippen LogP contribution in [0, 0.1) is 5.92 Å². The normalized spacial score (nSPS) is 25.7. The molecule has 2 aromatic rings. The number of halogens is 1. The van der Waals surface area contributed by atoms with E-state index in [0.29, 0.717) is 6.61 Å². The second kappa shape index (κ2) is 6.22. The Kier molecular flexibility index (Phi) is 4.06. The van der Waals surface area contributed by atoms with E-state index in [4.69, 9.17) is 16.3 Å². The molecule has 24 heavy (non-hydrogen) atoms. The van der Waals surface area contributed by atoms with Crippen LogP contribution >= 0.6 is 11.6 Å². The Morgan fingerprint density at radius 3 is 3.04 bits per heavy atom. The molecule has 2 heterocycles. The number of amides is 1. The third-order valence-electron chi connectivity index (χ3n) is 5.11. The van der Waals surface area contributed by atoms with Gasteiger partial charge < -0.3 is 10.1 Å². The Bertz CT molecular complexity index is 773. The van der Waals surface area contributed by atoms with Crippen molar-refractivity contribution < 1.29 is 9.53 Å². The first kappa shape index (κ1) is 15.7. The number of nitrogens with zero attached hydrogens (tertiary/aromatic N) is 2. The number of benzene rings is 1. The van der Waals surface area contributed by atoms with Gasteiger partial charge in [-0.3, -0.25) is 9.48 Å². The molecule has 0 bridgehead atoms. The molecule has 0 unspecified atom stereocenters. The number of carbonyl (C=O) groups is 1. The van der Waals surface area contributed by atoms with Crippen molar-refractivity contribution in [2.24, 2.45) is 13.0 Å². The number of ether oxygens (including phenoxy) is 1. The van der Waals surface area contributed by atoms with Gasteiger partial charge in [-0.1, -0.05) is 23.7 Å². The van der Waals surface area contributed by atoms with Crippen LogP contribution in [0.15, 0.2) is 30.5 Å². The fourth-order valence-electron chi connectivity index (χ4n) is 3.85. The predicted octanol–water partition coefficient (Wildman–Crippen LogP) is 2.95. The number of hydrogen-bond donors (Lipinski definition) is 1. The molecule has 1 amide bonds. The quantitative estimate of drug-likeness (QED) is 0.930. The van der Waals surface area contributed by atoms with Crippen molar-refractivity contribution >= 4 is 17.5 Å². The van der Waals surface area contributed by atoms with E-state index in [-0.39, 0.29) is 24.0 Å². The van der Waals surface area contributed by atoms with Crippen LogP contribution in [0.5, 0.6) is 0 Å². The Morgan fingerprint density at radius 2 is 2.25 bits per heavy atom. The van der Waals surface area contributed by atoms with Crippen LogP contribution < -0.4 is 5.32 Å². The zero-order valence-electron chi connectivity index (χ0n) is 13.5. The van der Waals surface area contributed by atoms with Gasteiger partial charge in [-0.05, 0) is 42.5 Å². The number of nitrogens with one attached hydrogen (secondary N) is 1. The molecule has 1 aliphatic carbocycles. The summed E-state index contributed by atoms with van der Waals surface area (Å²) in [6.07, 6.45) is 4.05. The van der Waals surface area contributed by atoms with Gasteiger partial charge in [0.1, 0.15) is 6.10 Å². The van der Waals surface area contributed by atoms with Crippen LogP contribution in [-0.4, -0.2) is 22.3 Å². The monoisotopic (exact) mass is 345 g/mol. The van der Waals surface area contributed by atoms with Gasteiger partial charge >= 0.3 is 0 Å². The molecule has 5 nitrogen and oxygen atoms in total. The summed E-state index contributed by atoms with van der Waals surface area (Å²) >= 11 is 6.26. The van der Waals surface area contributed by atoms with Crippen LogP contribution in [0.25, 0.3) is 0 Å². The lowest BCUT2D eigenvalue weighted by atomic mass is 9.97. The molecule has 3 atom stereocenters. The maximum Gasteiger partial charge on any atom is 0.226 e. The van der Waals surface area contributed by atoms with Crippen LogP contribution in [0.2, 0.25) is 5.02 Å². The third-order valence-corrected chi connectivity index (χ3v) is 5.46. The van der Waals surface area contributed by atoms with E-state index in [1.165, 1.54) is 0 Å². The van der Waals surface area contributed by atoms with Crippen LogP contribution in [0.4, 0.5) is 0 Å². The van der Waals surface area contributed by atoms with E-state index in [1.807, 2.05) is 25.2 Å². The van der Waals surface area contributed by atoms with E-state index in [0.717, 1.165) is 41.1 Å². The van der Waals surface area contributed by atoms with Gasteiger partial charge in [0.05, 0.1) is 17.7 Å². The molecule has 0 radical (unpaired) electrons. The van der Waals surface area contributed by atoms with Crippen molar-refractivity contribution in [1.82, 2.24) is 15.1 Å². The Hall–Kier alpha value is -1.85. The zero-order chi connectivity index (χ0) is 16.7. The molecule has 4 rings (SSSR count). The first-order chi connectivity index (χ1) is 11.6. The SMILES string of the molecule is Cn1nccc1[C@@H]1OCC[C@H]1C(=O)N[C@@H]1CCc2c(Cl)cccc21. The highest BCUT2D eigenvalue weighted by Crippen LogP contribution is 2.38. The molecular formula is C18H20ClN3O2. The minimum absolute atomic E-state index is 0.0407. The molecule has 2 aliphatic rings. The van der Waals surface area contributed by atoms with Gasteiger partial charge in [-0.2, -0.15) is 5.10 Å². The molecule has 1 aromatic heterocycles. The van der Waals surface area contributed by atoms with Crippen molar-refractivity contribution in [2.45, 2.75) is 31.4 Å². The lowest BCUT2D eigenvalue weighted by Crippen LogP contribution is -2.34. The van der Waals surface area contributed by atoms with E-state index in [9.17, 15) is 4.79 Å². The second-order valence-electron chi connectivity index (χ2n) is 6.47. The van der Waals surface area contributed by atoms with E-state index >= 15 is 0 Å². The van der Waals surface area contributed by atoms with Crippen LogP contribution in [-0.2, 0) is 23.0 Å². The molecule has 0 saturated carbocycles. The van der Waals surface area contributed by atoms with Gasteiger partial charge in [0.15, 0.2) is 0 Å². The second-order valence-corrected chi connectivity index (χ2v) is 6.88. The smallest absolute Gasteiger partial charge is 0.226 e. The number of fused-ring (bicyclic) bond motifs is 1. The van der Waals surface area contributed by atoms with Crippen molar-refractivity contribution in [3.05, 3.63) is 52.3 Å². The summed E-state index contributed by atoms with van der Waals surface area (Å²) < 4.78 is 7.60. The summed E-state index contributed by atoms with van der Waals surface area (Å²) in [6, 6.07) is 7.87. The highest BCUT2D eigenvalue weighted by atomic mass is 35.5. The van der Waals surface area contributed by atoms with E-state index < -0.39 is 0 Å². The van der Waals surface area contributed by atoms with Crippen molar-refractivity contribution in [3.63, 3.8) is 0 Å². The minimum Gasteiger partial charge on any atom is -0.371 e. The summed E-state index contributed by atoms with van der Waals surface area (Å²) in [6.45, 7) is 0.598. The average Bonchev–Trinajstić information content (AvgIpc) is 3.27. The van der Waals surface area contributed by atoms with Gasteiger partial charge in [-0.15, -0.1) is 0 Å². The van der Waals surface area contributed by atoms with Gasteiger partial charge in [0, 0.05) is 24.9 Å². The number of carbonyl (C=O) groups excluding carboxylic acids is 1. The van der Waals surface area contributed by atoms with Crippen molar-refractivity contribution in [3.8, 4) is 0 Å². The summed E-state index contributed by atoms with van der Waals surface area (Å²) in [4.78, 5) is 12.9. The highest BCUT2D eigenvalue weighted by molar-refractivity contribution is 6.31. The molecule has 1 fully saturated rings. The fourth-order valence-corrected chi connectivity index (χ4v) is 4.13. The topological polar surface area (TPSA) is 56.2 Å². The molecule has 1 saturated heterocycles. The number of hydrogen-bond acceptors (Lipinski definition) is 3. The lowest BCUT2D eigenvalue weighted by Gasteiger charge is -2.21. The number of aryl methyl sites for hydroxylation is 1. The van der Waals surface area contributed by atoms with Crippen LogP contribution in [0.1, 0.15) is 41.8 Å². The maximum atomic E-state index is 12.9. The Morgan fingerprint density at radius 1 is 1.38 bits per heavy atom. The number of aromatic nitrogens is 2. The third kappa shape index (κ3) is 2.62. The number of rotatable bonds is 3. The molecule has 1 aromatic carbocycles. The van der Waals surface area contributed by atoms with Crippen molar-refractivity contribution in [2.75, 3.05) is 6.61 Å². The molecule has 6 heteroatoms. The predicted molar refractivity (Wildman–Crippen MR) is 90.7 cm³/mol. The van der Waals surface area contributed by atoms with Gasteiger partial charge in [0.2, 0.25) is 5.91 Å². The van der Waals surface area contributed by atoms with Gasteiger partial charge in [0.25, 0.3) is 0 Å². The van der Waals surface area contributed by atoms with E-state index in [2.05, 4.69) is 16.5 Å². The van der Waals surface area contributed by atoms with Crippen LogP contribution in [0.3, 0.4) is 0 Å². The Labute approximate surface area is 145 Å². The lowest BCUT2D eigenvalue weighted by molar-refractivity contribution is -0.127. The largest absolute Gasteiger partial charge is 0.371 e. The molecule has 0 spiro atoms. The standard InChI is InChI=1S/C18H20ClN3O2/c1-22-16(7-9-20-22)17-13(8-10-24-17)18(23)21-15-6-5-11-12(15)3-2-4-14(11)19/h2-4,7,9,13,15,17H,5-6,8,10H2,1H3,(H,21,23)/t13-,15-,17-/m1/s1. The molecular weight excluding hydrogens is 326 g/mol. The molecule has 1 N–H and O–H groups in total. The summed E-state index contributed by atoms with van der Waals surface area (Å²) in [5, 5.41) is 8.19. The average molecular weight is 346 g/mol. The maximum absolute atomic E-state index is 12.9. The zero-order valence-corrected chi connectivity index (χ0v) is 14.3. The summed E-state index contributed by atoms with van der Waals surface area (Å²) in [5.41, 5.74) is 3.25. The van der Waals surface area contributed by atoms with Gasteiger partial charge in [-0.25, -0.2) is 0 Å². The first-order valence-corrected chi connectivity index (χ1v) is 8.70. The molecule has 126 valence electrons. The first-order valence-electron chi connectivity index (χ1n) is 8.32. The Balaban J connectivity index is 1.51. The van der Waals surface area contributed by atoms with E-state index in [1.54, 1.807) is 10.9 Å². The molecule has 1 aliphatic heterocycles. The summed E-state index contributed by atoms with van der Waals surface area (Å²) in [7, 11) is 1.88. The minimum atomic E-state index is -0.224. The highest BCUT2D eigenvalue weighted by Gasteiger charge is 2.38. The van der Waals surface area contributed by atoms with Crippen molar-refractivity contribution in [1.29, 1.82) is 0 Å².